The minimum Gasteiger partial charge on any atom is -0.375 e. The first-order chi connectivity index (χ1) is 6.63. The van der Waals surface area contributed by atoms with Crippen LogP contribution < -0.4 is 11.1 Å². The summed E-state index contributed by atoms with van der Waals surface area (Å²) in [6.45, 7) is 1.95. The number of benzene rings is 1. The molecular formula is C10H11N3O. The Labute approximate surface area is 82.3 Å². The Morgan fingerprint density at radius 3 is 2.93 bits per heavy atom. The number of primary amides is 1. The van der Waals surface area contributed by atoms with Gasteiger partial charge in [0.25, 0.3) is 0 Å². The van der Waals surface area contributed by atoms with Crippen molar-refractivity contribution in [1.82, 2.24) is 0 Å². The van der Waals surface area contributed by atoms with Gasteiger partial charge >= 0.3 is 0 Å². The Bertz CT molecular complexity index is 393. The van der Waals surface area contributed by atoms with Crippen molar-refractivity contribution in [2.75, 3.05) is 11.9 Å². The summed E-state index contributed by atoms with van der Waals surface area (Å²) in [5, 5.41) is 11.6. The van der Waals surface area contributed by atoms with Crippen molar-refractivity contribution >= 4 is 11.6 Å². The largest absolute Gasteiger partial charge is 0.375 e. The summed E-state index contributed by atoms with van der Waals surface area (Å²) in [4.78, 5) is 10.5. The lowest BCUT2D eigenvalue weighted by molar-refractivity contribution is -0.116. The summed E-state index contributed by atoms with van der Waals surface area (Å²) in [7, 11) is 0. The molecule has 0 saturated carbocycles. The fourth-order valence-corrected chi connectivity index (χ4v) is 1.08. The van der Waals surface area contributed by atoms with Crippen molar-refractivity contribution in [2.24, 2.45) is 5.73 Å². The van der Waals surface area contributed by atoms with Gasteiger partial charge in [0.15, 0.2) is 0 Å². The van der Waals surface area contributed by atoms with Crippen LogP contribution in [0, 0.1) is 18.3 Å². The standard InChI is InChI=1S/C10H11N3O/c1-7-2-3-8(5-11)9(4-7)13-6-10(12)14/h2-4,13H,6H2,1H3,(H2,12,14). The molecule has 0 saturated heterocycles. The van der Waals surface area contributed by atoms with Crippen molar-refractivity contribution in [2.45, 2.75) is 6.92 Å². The van der Waals surface area contributed by atoms with Crippen LogP contribution in [0.4, 0.5) is 5.69 Å². The summed E-state index contributed by atoms with van der Waals surface area (Å²) < 4.78 is 0. The maximum Gasteiger partial charge on any atom is 0.236 e. The van der Waals surface area contributed by atoms with Crippen LogP contribution in [-0.2, 0) is 4.79 Å². The zero-order chi connectivity index (χ0) is 10.6. The first kappa shape index (κ1) is 10.1. The predicted molar refractivity (Wildman–Crippen MR) is 53.6 cm³/mol. The van der Waals surface area contributed by atoms with Gasteiger partial charge in [-0.3, -0.25) is 4.79 Å². The van der Waals surface area contributed by atoms with Crippen LogP contribution in [0.15, 0.2) is 18.2 Å². The van der Waals surface area contributed by atoms with Gasteiger partial charge in [-0.1, -0.05) is 6.07 Å². The number of nitrogens with zero attached hydrogens (tertiary/aromatic N) is 1. The third-order valence-electron chi connectivity index (χ3n) is 1.75. The molecule has 0 heterocycles. The van der Waals surface area contributed by atoms with E-state index in [1.165, 1.54) is 0 Å². The summed E-state index contributed by atoms with van der Waals surface area (Å²) in [5.74, 6) is -0.449. The number of anilines is 1. The van der Waals surface area contributed by atoms with E-state index in [1.54, 1.807) is 6.07 Å². The van der Waals surface area contributed by atoms with Crippen LogP contribution in [0.5, 0.6) is 0 Å². The van der Waals surface area contributed by atoms with E-state index in [2.05, 4.69) is 5.32 Å². The predicted octanol–water partition coefficient (Wildman–Crippen LogP) is 0.764. The molecule has 3 N–H and O–H groups in total. The second-order valence-corrected chi connectivity index (χ2v) is 2.98. The molecule has 72 valence electrons. The monoisotopic (exact) mass is 189 g/mol. The number of aryl methyl sites for hydroxylation is 1. The van der Waals surface area contributed by atoms with Crippen molar-refractivity contribution in [3.05, 3.63) is 29.3 Å². The Morgan fingerprint density at radius 2 is 2.36 bits per heavy atom. The van der Waals surface area contributed by atoms with Crippen LogP contribution in [0.2, 0.25) is 0 Å². The topological polar surface area (TPSA) is 78.9 Å². The van der Waals surface area contributed by atoms with Gasteiger partial charge in [0.1, 0.15) is 6.07 Å². The van der Waals surface area contributed by atoms with E-state index in [9.17, 15) is 4.79 Å². The highest BCUT2D eigenvalue weighted by Gasteiger charge is 2.02. The second kappa shape index (κ2) is 4.28. The lowest BCUT2D eigenvalue weighted by Gasteiger charge is -2.06. The van der Waals surface area contributed by atoms with Gasteiger partial charge in [0, 0.05) is 0 Å². The van der Waals surface area contributed by atoms with Crippen LogP contribution >= 0.6 is 0 Å². The summed E-state index contributed by atoms with van der Waals surface area (Å²) >= 11 is 0. The highest BCUT2D eigenvalue weighted by molar-refractivity contribution is 5.79. The minimum atomic E-state index is -0.449. The van der Waals surface area contributed by atoms with Crippen LogP contribution in [0.1, 0.15) is 11.1 Å². The summed E-state index contributed by atoms with van der Waals surface area (Å²) in [6.07, 6.45) is 0. The van der Waals surface area contributed by atoms with Crippen molar-refractivity contribution in [3.63, 3.8) is 0 Å². The molecule has 1 aromatic rings. The van der Waals surface area contributed by atoms with E-state index < -0.39 is 5.91 Å². The Balaban J connectivity index is 2.89. The molecule has 4 heteroatoms. The van der Waals surface area contributed by atoms with Gasteiger partial charge in [-0.2, -0.15) is 5.26 Å². The van der Waals surface area contributed by atoms with Crippen molar-refractivity contribution in [3.8, 4) is 6.07 Å². The molecular weight excluding hydrogens is 178 g/mol. The van der Waals surface area contributed by atoms with E-state index in [0.29, 0.717) is 11.3 Å². The van der Waals surface area contributed by atoms with E-state index in [4.69, 9.17) is 11.0 Å². The summed E-state index contributed by atoms with van der Waals surface area (Å²) in [6, 6.07) is 7.39. The van der Waals surface area contributed by atoms with E-state index >= 15 is 0 Å². The normalized spacial score (nSPS) is 9.14. The number of nitriles is 1. The van der Waals surface area contributed by atoms with Gasteiger partial charge < -0.3 is 11.1 Å². The molecule has 0 atom stereocenters. The molecule has 0 aliphatic carbocycles. The highest BCUT2D eigenvalue weighted by Crippen LogP contribution is 2.15. The third kappa shape index (κ3) is 2.49. The smallest absolute Gasteiger partial charge is 0.236 e. The van der Waals surface area contributed by atoms with E-state index in [1.807, 2.05) is 25.1 Å². The molecule has 0 fully saturated rings. The number of hydrogen-bond donors (Lipinski definition) is 2. The lowest BCUT2D eigenvalue weighted by Crippen LogP contribution is -2.22. The molecule has 1 amide bonds. The molecule has 0 bridgehead atoms. The molecule has 0 radical (unpaired) electrons. The molecule has 1 rings (SSSR count). The fourth-order valence-electron chi connectivity index (χ4n) is 1.08. The quantitative estimate of drug-likeness (QED) is 0.736. The average molecular weight is 189 g/mol. The van der Waals surface area contributed by atoms with E-state index in [-0.39, 0.29) is 6.54 Å². The average Bonchev–Trinajstić information content (AvgIpc) is 2.15. The van der Waals surface area contributed by atoms with Gasteiger partial charge in [-0.25, -0.2) is 0 Å². The number of carbonyl (C=O) groups is 1. The van der Waals surface area contributed by atoms with Crippen molar-refractivity contribution in [1.29, 1.82) is 5.26 Å². The number of amides is 1. The summed E-state index contributed by atoms with van der Waals surface area (Å²) in [5.41, 5.74) is 7.17. The first-order valence-electron chi connectivity index (χ1n) is 4.16. The molecule has 4 nitrogen and oxygen atoms in total. The van der Waals surface area contributed by atoms with Crippen LogP contribution in [0.25, 0.3) is 0 Å². The molecule has 0 spiro atoms. The number of hydrogen-bond acceptors (Lipinski definition) is 3. The number of nitrogens with two attached hydrogens (primary N) is 1. The maximum atomic E-state index is 10.5. The highest BCUT2D eigenvalue weighted by atomic mass is 16.1. The third-order valence-corrected chi connectivity index (χ3v) is 1.75. The first-order valence-corrected chi connectivity index (χ1v) is 4.16. The van der Waals surface area contributed by atoms with Gasteiger partial charge in [0.2, 0.25) is 5.91 Å². The number of nitrogens with one attached hydrogen (secondary N) is 1. The Morgan fingerprint density at radius 1 is 1.64 bits per heavy atom. The van der Waals surface area contributed by atoms with E-state index in [0.717, 1.165) is 5.56 Å². The van der Waals surface area contributed by atoms with Gasteiger partial charge in [-0.15, -0.1) is 0 Å². The Kier molecular flexibility index (Phi) is 3.08. The molecule has 0 aliphatic heterocycles. The number of rotatable bonds is 3. The lowest BCUT2D eigenvalue weighted by atomic mass is 10.1. The molecule has 14 heavy (non-hydrogen) atoms. The second-order valence-electron chi connectivity index (χ2n) is 2.98. The van der Waals surface area contributed by atoms with Crippen LogP contribution in [-0.4, -0.2) is 12.5 Å². The maximum absolute atomic E-state index is 10.5. The molecule has 0 unspecified atom stereocenters. The SMILES string of the molecule is Cc1ccc(C#N)c(NCC(N)=O)c1. The zero-order valence-electron chi connectivity index (χ0n) is 7.87. The van der Waals surface area contributed by atoms with Crippen LogP contribution in [0.3, 0.4) is 0 Å². The number of carbonyl (C=O) groups excluding carboxylic acids is 1. The van der Waals surface area contributed by atoms with Crippen molar-refractivity contribution < 1.29 is 4.79 Å². The van der Waals surface area contributed by atoms with Gasteiger partial charge in [-0.05, 0) is 24.6 Å². The molecule has 0 aliphatic rings. The molecule has 0 aromatic heterocycles. The zero-order valence-corrected chi connectivity index (χ0v) is 7.87. The molecule has 1 aromatic carbocycles. The van der Waals surface area contributed by atoms with Gasteiger partial charge in [0.05, 0.1) is 17.8 Å². The Hall–Kier alpha value is -2.02. The fraction of sp³-hybridized carbons (Fsp3) is 0.200. The minimum absolute atomic E-state index is 0.0398.